The predicted molar refractivity (Wildman–Crippen MR) is 127 cm³/mol. The molecule has 8 nitrogen and oxygen atoms in total. The summed E-state index contributed by atoms with van der Waals surface area (Å²) in [5, 5.41) is 0. The Bertz CT molecular complexity index is 986. The molecule has 0 aliphatic carbocycles. The Morgan fingerprint density at radius 3 is 2.30 bits per heavy atom. The van der Waals surface area contributed by atoms with Gasteiger partial charge in [-0.2, -0.15) is 0 Å². The van der Waals surface area contributed by atoms with Crippen molar-refractivity contribution in [2.75, 3.05) is 64.9 Å². The van der Waals surface area contributed by atoms with E-state index in [4.69, 9.17) is 9.47 Å². The van der Waals surface area contributed by atoms with E-state index < -0.39 is 0 Å². The Hall–Kier alpha value is -3.26. The first-order valence-corrected chi connectivity index (χ1v) is 11.3. The van der Waals surface area contributed by atoms with E-state index in [9.17, 15) is 9.59 Å². The monoisotopic (exact) mass is 452 g/mol. The third-order valence-corrected chi connectivity index (χ3v) is 6.37. The van der Waals surface area contributed by atoms with Gasteiger partial charge >= 0.3 is 6.03 Å². The molecule has 0 bridgehead atoms. The van der Waals surface area contributed by atoms with Crippen LogP contribution in [0.3, 0.4) is 0 Å². The molecule has 2 saturated heterocycles. The first-order valence-electron chi connectivity index (χ1n) is 11.3. The molecule has 0 spiro atoms. The molecule has 33 heavy (non-hydrogen) atoms. The van der Waals surface area contributed by atoms with E-state index >= 15 is 0 Å². The Morgan fingerprint density at radius 2 is 1.64 bits per heavy atom. The molecule has 8 heteroatoms. The molecule has 3 amide bonds. The van der Waals surface area contributed by atoms with Crippen LogP contribution in [0.5, 0.6) is 11.5 Å². The summed E-state index contributed by atoms with van der Waals surface area (Å²) in [6.45, 7) is 6.89. The second kappa shape index (κ2) is 10.1. The molecular weight excluding hydrogens is 420 g/mol. The molecule has 0 saturated carbocycles. The van der Waals surface area contributed by atoms with E-state index in [2.05, 4.69) is 4.90 Å². The van der Waals surface area contributed by atoms with Gasteiger partial charge in [0.2, 0.25) is 5.91 Å². The SMILES string of the molecule is COc1ccc(OC)c(CN2CCN(C(=O)CN3CCN(c4ccc(C)cc4)C3=O)CC2)c1. The molecule has 2 aromatic rings. The van der Waals surface area contributed by atoms with Crippen LogP contribution in [0.25, 0.3) is 0 Å². The van der Waals surface area contributed by atoms with Gasteiger partial charge in [-0.15, -0.1) is 0 Å². The summed E-state index contributed by atoms with van der Waals surface area (Å²) in [5.41, 5.74) is 3.10. The van der Waals surface area contributed by atoms with Gasteiger partial charge in [0.05, 0.1) is 14.2 Å². The van der Waals surface area contributed by atoms with E-state index in [1.54, 1.807) is 24.0 Å². The lowest BCUT2D eigenvalue weighted by atomic mass is 10.1. The molecule has 2 heterocycles. The fourth-order valence-electron chi connectivity index (χ4n) is 4.36. The van der Waals surface area contributed by atoms with E-state index in [0.717, 1.165) is 47.9 Å². The van der Waals surface area contributed by atoms with Crippen LogP contribution in [-0.4, -0.2) is 86.7 Å². The first kappa shape index (κ1) is 22.9. The highest BCUT2D eigenvalue weighted by atomic mass is 16.5. The standard InChI is InChI=1S/C25H32N4O4/c1-19-4-6-21(7-5-19)29-15-14-28(25(29)31)18-24(30)27-12-10-26(11-13-27)17-20-16-22(32-2)8-9-23(20)33-3/h4-9,16H,10-15,17-18H2,1-3H3. The maximum Gasteiger partial charge on any atom is 0.325 e. The van der Waals surface area contributed by atoms with Gasteiger partial charge < -0.3 is 19.3 Å². The molecular formula is C25H32N4O4. The van der Waals surface area contributed by atoms with E-state index in [0.29, 0.717) is 26.2 Å². The number of nitrogens with zero attached hydrogens (tertiary/aromatic N) is 4. The maximum atomic E-state index is 12.9. The summed E-state index contributed by atoms with van der Waals surface area (Å²) in [7, 11) is 3.32. The van der Waals surface area contributed by atoms with Gasteiger partial charge in [0.15, 0.2) is 0 Å². The number of ether oxygens (including phenoxy) is 2. The van der Waals surface area contributed by atoms with Gasteiger partial charge in [-0.05, 0) is 37.3 Å². The molecule has 2 aliphatic heterocycles. The van der Waals surface area contributed by atoms with E-state index in [-0.39, 0.29) is 18.5 Å². The summed E-state index contributed by atoms with van der Waals surface area (Å²) in [6.07, 6.45) is 0. The topological polar surface area (TPSA) is 65.6 Å². The second-order valence-corrected chi connectivity index (χ2v) is 8.53. The quantitative estimate of drug-likeness (QED) is 0.646. The minimum atomic E-state index is -0.101. The Labute approximate surface area is 195 Å². The van der Waals surface area contributed by atoms with Crippen LogP contribution < -0.4 is 14.4 Å². The van der Waals surface area contributed by atoms with Crippen molar-refractivity contribution < 1.29 is 19.1 Å². The molecule has 176 valence electrons. The van der Waals surface area contributed by atoms with Crippen LogP contribution in [0.1, 0.15) is 11.1 Å². The van der Waals surface area contributed by atoms with Crippen molar-refractivity contribution in [1.29, 1.82) is 0 Å². The number of amides is 3. The Kier molecular flexibility index (Phi) is 7.03. The van der Waals surface area contributed by atoms with Crippen LogP contribution in [0.4, 0.5) is 10.5 Å². The van der Waals surface area contributed by atoms with Crippen molar-refractivity contribution in [3.63, 3.8) is 0 Å². The average Bonchev–Trinajstić information content (AvgIpc) is 3.19. The molecule has 0 atom stereocenters. The van der Waals surface area contributed by atoms with Crippen LogP contribution in [0.15, 0.2) is 42.5 Å². The molecule has 0 N–H and O–H groups in total. The fraction of sp³-hybridized carbons (Fsp3) is 0.440. The fourth-order valence-corrected chi connectivity index (χ4v) is 4.36. The lowest BCUT2D eigenvalue weighted by Crippen LogP contribution is -2.51. The summed E-state index contributed by atoms with van der Waals surface area (Å²) < 4.78 is 10.8. The van der Waals surface area contributed by atoms with Crippen LogP contribution in [-0.2, 0) is 11.3 Å². The third-order valence-electron chi connectivity index (χ3n) is 6.37. The predicted octanol–water partition coefficient (Wildman–Crippen LogP) is 2.60. The molecule has 0 unspecified atom stereocenters. The van der Waals surface area contributed by atoms with Gasteiger partial charge in [-0.1, -0.05) is 17.7 Å². The Morgan fingerprint density at radius 1 is 0.909 bits per heavy atom. The van der Waals surface area contributed by atoms with Gasteiger partial charge in [-0.3, -0.25) is 14.6 Å². The van der Waals surface area contributed by atoms with Gasteiger partial charge in [0, 0.05) is 57.1 Å². The smallest absolute Gasteiger partial charge is 0.325 e. The number of aryl methyl sites for hydroxylation is 1. The van der Waals surface area contributed by atoms with Gasteiger partial charge in [-0.25, -0.2) is 4.79 Å². The number of methoxy groups -OCH3 is 2. The highest BCUT2D eigenvalue weighted by Crippen LogP contribution is 2.26. The molecule has 4 rings (SSSR count). The highest BCUT2D eigenvalue weighted by Gasteiger charge is 2.32. The van der Waals surface area contributed by atoms with Crippen molar-refractivity contribution in [2.24, 2.45) is 0 Å². The summed E-state index contributed by atoms with van der Waals surface area (Å²) in [5.74, 6) is 1.64. The number of hydrogen-bond donors (Lipinski definition) is 0. The Balaban J connectivity index is 1.28. The molecule has 2 aliphatic rings. The number of rotatable bonds is 7. The largest absolute Gasteiger partial charge is 0.497 e. The molecule has 2 aromatic carbocycles. The number of carbonyl (C=O) groups excluding carboxylic acids is 2. The number of benzene rings is 2. The summed E-state index contributed by atoms with van der Waals surface area (Å²) in [6, 6.07) is 13.6. The van der Waals surface area contributed by atoms with Crippen LogP contribution in [0, 0.1) is 6.92 Å². The van der Waals surface area contributed by atoms with Crippen LogP contribution in [0.2, 0.25) is 0 Å². The second-order valence-electron chi connectivity index (χ2n) is 8.53. The van der Waals surface area contributed by atoms with Gasteiger partial charge in [0.1, 0.15) is 18.0 Å². The zero-order valence-corrected chi connectivity index (χ0v) is 19.6. The van der Waals surface area contributed by atoms with Crippen molar-refractivity contribution >= 4 is 17.6 Å². The number of piperazine rings is 1. The van der Waals surface area contributed by atoms with Crippen molar-refractivity contribution in [3.8, 4) is 11.5 Å². The molecule has 0 radical (unpaired) electrons. The zero-order chi connectivity index (χ0) is 23.4. The summed E-state index contributed by atoms with van der Waals surface area (Å²) >= 11 is 0. The minimum absolute atomic E-state index is 0.00715. The van der Waals surface area contributed by atoms with Crippen molar-refractivity contribution in [3.05, 3.63) is 53.6 Å². The van der Waals surface area contributed by atoms with E-state index in [1.165, 1.54) is 0 Å². The van der Waals surface area contributed by atoms with Gasteiger partial charge in [0.25, 0.3) is 0 Å². The number of urea groups is 1. The molecule has 0 aromatic heterocycles. The van der Waals surface area contributed by atoms with E-state index in [1.807, 2.05) is 54.3 Å². The average molecular weight is 453 g/mol. The molecule has 2 fully saturated rings. The number of hydrogen-bond acceptors (Lipinski definition) is 5. The van der Waals surface area contributed by atoms with Crippen molar-refractivity contribution in [1.82, 2.24) is 14.7 Å². The maximum absolute atomic E-state index is 12.9. The summed E-state index contributed by atoms with van der Waals surface area (Å²) in [4.78, 5) is 33.3. The first-order chi connectivity index (χ1) is 16.0. The minimum Gasteiger partial charge on any atom is -0.497 e. The third kappa shape index (κ3) is 5.22. The zero-order valence-electron chi connectivity index (χ0n) is 19.6. The number of anilines is 1. The lowest BCUT2D eigenvalue weighted by Gasteiger charge is -2.35. The number of carbonyl (C=O) groups is 2. The lowest BCUT2D eigenvalue weighted by molar-refractivity contribution is -0.133. The highest BCUT2D eigenvalue weighted by molar-refractivity contribution is 5.96. The normalized spacial score (nSPS) is 16.9. The van der Waals surface area contributed by atoms with Crippen LogP contribution >= 0.6 is 0 Å². The van der Waals surface area contributed by atoms with Crippen molar-refractivity contribution in [2.45, 2.75) is 13.5 Å².